The van der Waals surface area contributed by atoms with E-state index in [0.29, 0.717) is 55.5 Å². The summed E-state index contributed by atoms with van der Waals surface area (Å²) in [4.78, 5) is 15.1. The quantitative estimate of drug-likeness (QED) is 0.274. The van der Waals surface area contributed by atoms with E-state index in [1.54, 1.807) is 32.0 Å². The molecule has 1 aliphatic rings. The molecule has 4 aromatic rings. The second-order valence-electron chi connectivity index (χ2n) is 9.48. The van der Waals surface area contributed by atoms with Gasteiger partial charge in [-0.2, -0.15) is 0 Å². The first-order valence-corrected chi connectivity index (χ1v) is 12.7. The van der Waals surface area contributed by atoms with Crippen LogP contribution < -0.4 is 4.74 Å². The van der Waals surface area contributed by atoms with Crippen molar-refractivity contribution in [2.75, 3.05) is 32.8 Å². The fourth-order valence-electron chi connectivity index (χ4n) is 4.96. The monoisotopic (exact) mass is 621 g/mol. The minimum Gasteiger partial charge on any atom is -0.490 e. The Labute approximate surface area is 241 Å². The van der Waals surface area contributed by atoms with Gasteiger partial charge in [0, 0.05) is 19.5 Å². The fourth-order valence-corrected chi connectivity index (χ4v) is 4.96. The Hall–Kier alpha value is -3.32. The van der Waals surface area contributed by atoms with E-state index in [4.69, 9.17) is 18.3 Å². The number of aryl methyl sites for hydroxylation is 1. The summed E-state index contributed by atoms with van der Waals surface area (Å²) < 4.78 is 36.1. The highest BCUT2D eigenvalue weighted by Gasteiger charge is 2.44. The smallest absolute Gasteiger partial charge is 0.316 e. The highest BCUT2D eigenvalue weighted by molar-refractivity contribution is 8.93. The van der Waals surface area contributed by atoms with Crippen LogP contribution in [-0.2, 0) is 14.9 Å². The summed E-state index contributed by atoms with van der Waals surface area (Å²) in [6, 6.07) is 13.3. The van der Waals surface area contributed by atoms with Crippen LogP contribution in [0.4, 0.5) is 4.39 Å². The van der Waals surface area contributed by atoms with Gasteiger partial charge in [0.2, 0.25) is 5.89 Å². The van der Waals surface area contributed by atoms with E-state index in [1.165, 1.54) is 12.1 Å². The third-order valence-corrected chi connectivity index (χ3v) is 6.93. The predicted molar refractivity (Wildman–Crippen MR) is 150 cm³/mol. The van der Waals surface area contributed by atoms with Crippen molar-refractivity contribution in [2.45, 2.75) is 38.2 Å². The van der Waals surface area contributed by atoms with E-state index in [9.17, 15) is 14.3 Å². The van der Waals surface area contributed by atoms with Crippen molar-refractivity contribution in [3.63, 3.8) is 0 Å². The maximum absolute atomic E-state index is 13.5. The number of aliphatic hydroxyl groups excluding tert-OH is 1. The molecule has 0 aliphatic carbocycles. The molecule has 2 aromatic carbocycles. The van der Waals surface area contributed by atoms with Crippen LogP contribution >= 0.6 is 17.0 Å². The van der Waals surface area contributed by atoms with Crippen molar-refractivity contribution >= 4 is 33.9 Å². The minimum absolute atomic E-state index is 0. The molecule has 1 aliphatic heterocycles. The summed E-state index contributed by atoms with van der Waals surface area (Å²) in [5.41, 5.74) is 0.534. The molecule has 10 nitrogen and oxygen atoms in total. The number of aliphatic hydroxyl groups is 1. The molecule has 1 fully saturated rings. The number of hydrogen-bond acceptors (Lipinski definition) is 9. The molecule has 3 N–H and O–H groups in total. The van der Waals surface area contributed by atoms with Gasteiger partial charge < -0.3 is 33.8 Å². The highest BCUT2D eigenvalue weighted by Crippen LogP contribution is 2.37. The number of fused-ring (bicyclic) bond motifs is 1. The number of hydrogen-bond donors (Lipinski definition) is 1. The second-order valence-corrected chi connectivity index (χ2v) is 9.48. The first-order chi connectivity index (χ1) is 18.4. The van der Waals surface area contributed by atoms with Gasteiger partial charge >= 0.3 is 5.97 Å². The summed E-state index contributed by atoms with van der Waals surface area (Å²) >= 11 is 0. The van der Waals surface area contributed by atoms with E-state index in [-0.39, 0.29) is 53.3 Å². The van der Waals surface area contributed by atoms with Crippen LogP contribution in [0, 0.1) is 12.7 Å². The molecule has 1 atom stereocenters. The number of β-amino-alcohol motifs (C(OH)–C–C–N with tert-alkyl or cyclic N) is 1. The molecule has 216 valence electrons. The molecule has 0 spiro atoms. The van der Waals surface area contributed by atoms with Crippen molar-refractivity contribution in [1.82, 2.24) is 15.1 Å². The lowest BCUT2D eigenvalue weighted by atomic mass is 9.72. The number of likely N-dealkylation sites (tertiary alicyclic amines) is 1. The Morgan fingerprint density at radius 3 is 2.52 bits per heavy atom. The standard InChI is InChI=1S/C28H30FN3O6.BrH.H2O/c1-3-35-27(34)28(19-7-9-20(29)10-8-19)11-13-32(14-12-28)16-21(33)17-36-23-5-4-6-24-22(23)15-25(38-24)26-31-30-18(2)37-26;;/h4-10,15,21,33H,3,11-14,16-17H2,1-2H3;1H;1H2/t21-;;/m0../s1. The van der Waals surface area contributed by atoms with E-state index in [2.05, 4.69) is 15.1 Å². The van der Waals surface area contributed by atoms with Crippen molar-refractivity contribution < 1.29 is 38.1 Å². The van der Waals surface area contributed by atoms with Gasteiger partial charge in [0.05, 0.1) is 17.4 Å². The lowest BCUT2D eigenvalue weighted by Gasteiger charge is -2.40. The summed E-state index contributed by atoms with van der Waals surface area (Å²) in [6.07, 6.45) is 0.269. The van der Waals surface area contributed by atoms with Gasteiger partial charge in [-0.1, -0.05) is 18.2 Å². The molecular formula is C28H33BrFN3O7. The van der Waals surface area contributed by atoms with E-state index >= 15 is 0 Å². The van der Waals surface area contributed by atoms with Gasteiger partial charge in [0.25, 0.3) is 5.89 Å². The lowest BCUT2D eigenvalue weighted by Crippen LogP contribution is -2.50. The van der Waals surface area contributed by atoms with Crippen molar-refractivity contribution in [1.29, 1.82) is 0 Å². The van der Waals surface area contributed by atoms with Gasteiger partial charge in [0.1, 0.15) is 29.9 Å². The van der Waals surface area contributed by atoms with Crippen LogP contribution in [-0.4, -0.2) is 70.6 Å². The summed E-state index contributed by atoms with van der Waals surface area (Å²) in [7, 11) is 0. The number of rotatable bonds is 9. The molecule has 5 rings (SSSR count). The number of esters is 1. The van der Waals surface area contributed by atoms with Crippen LogP contribution in [0.15, 0.2) is 57.4 Å². The summed E-state index contributed by atoms with van der Waals surface area (Å²) in [5.74, 6) is 1.10. The lowest BCUT2D eigenvalue weighted by molar-refractivity contribution is -0.152. The number of benzene rings is 2. The highest BCUT2D eigenvalue weighted by atomic mass is 79.9. The Morgan fingerprint density at radius 2 is 1.88 bits per heavy atom. The third kappa shape index (κ3) is 6.52. The largest absolute Gasteiger partial charge is 0.490 e. The van der Waals surface area contributed by atoms with E-state index < -0.39 is 11.5 Å². The Kier molecular flexibility index (Phi) is 10.4. The molecular weight excluding hydrogens is 589 g/mol. The molecule has 0 radical (unpaired) electrons. The third-order valence-electron chi connectivity index (χ3n) is 6.93. The van der Waals surface area contributed by atoms with Crippen LogP contribution in [0.1, 0.15) is 31.2 Å². The van der Waals surface area contributed by atoms with E-state index in [0.717, 1.165) is 10.9 Å². The van der Waals surface area contributed by atoms with E-state index in [1.807, 2.05) is 18.2 Å². The normalized spacial score (nSPS) is 15.6. The zero-order valence-corrected chi connectivity index (χ0v) is 24.0. The molecule has 0 bridgehead atoms. The van der Waals surface area contributed by atoms with Gasteiger partial charge in [-0.15, -0.1) is 27.2 Å². The van der Waals surface area contributed by atoms with Crippen LogP contribution in [0.2, 0.25) is 0 Å². The Morgan fingerprint density at radius 1 is 1.15 bits per heavy atom. The number of halogens is 2. The topological polar surface area (TPSA) is 143 Å². The predicted octanol–water partition coefficient (Wildman–Crippen LogP) is 4.02. The first-order valence-electron chi connectivity index (χ1n) is 12.7. The molecule has 12 heteroatoms. The molecule has 0 saturated carbocycles. The molecule has 40 heavy (non-hydrogen) atoms. The number of carbonyl (C=O) groups excluding carboxylic acids is 1. The van der Waals surface area contributed by atoms with Crippen LogP contribution in [0.3, 0.4) is 0 Å². The van der Waals surface area contributed by atoms with Crippen molar-refractivity contribution in [3.8, 4) is 17.4 Å². The van der Waals surface area contributed by atoms with Gasteiger partial charge in [-0.25, -0.2) is 4.39 Å². The van der Waals surface area contributed by atoms with Crippen LogP contribution in [0.25, 0.3) is 22.6 Å². The minimum atomic E-state index is -0.826. The zero-order chi connectivity index (χ0) is 26.7. The molecule has 2 aromatic heterocycles. The molecule has 1 saturated heterocycles. The number of piperidine rings is 1. The number of nitrogens with zero attached hydrogens (tertiary/aromatic N) is 3. The van der Waals surface area contributed by atoms with Gasteiger partial charge in [0.15, 0.2) is 5.76 Å². The maximum Gasteiger partial charge on any atom is 0.316 e. The maximum atomic E-state index is 13.5. The van der Waals surface area contributed by atoms with Crippen molar-refractivity contribution in [3.05, 3.63) is 65.8 Å². The summed E-state index contributed by atoms with van der Waals surface area (Å²) in [6.45, 7) is 5.39. The van der Waals surface area contributed by atoms with Gasteiger partial charge in [-0.05, 0) is 62.7 Å². The average Bonchev–Trinajstić information content (AvgIpc) is 3.55. The fraction of sp³-hybridized carbons (Fsp3) is 0.393. The first kappa shape index (κ1) is 31.2. The second kappa shape index (κ2) is 13.4. The number of carbonyl (C=O) groups is 1. The molecule has 0 amide bonds. The zero-order valence-electron chi connectivity index (χ0n) is 22.3. The van der Waals surface area contributed by atoms with Gasteiger partial charge in [-0.3, -0.25) is 4.79 Å². The Balaban J connectivity index is 0.00000220. The number of aromatic nitrogens is 2. The Bertz CT molecular complexity index is 1400. The SMILES string of the molecule is Br.CCOC(=O)C1(c2ccc(F)cc2)CCN(C[C@H](O)COc2cccc3oc(-c4nnc(C)o4)cc23)CC1.O. The van der Waals surface area contributed by atoms with Crippen molar-refractivity contribution in [2.24, 2.45) is 0 Å². The molecule has 3 heterocycles. The average molecular weight is 622 g/mol. The summed E-state index contributed by atoms with van der Waals surface area (Å²) in [5, 5.41) is 19.3. The molecule has 0 unspecified atom stereocenters. The number of ether oxygens (including phenoxy) is 2. The number of furan rings is 1. The van der Waals surface area contributed by atoms with Crippen LogP contribution in [0.5, 0.6) is 5.75 Å².